The summed E-state index contributed by atoms with van der Waals surface area (Å²) in [5, 5.41) is 0. The van der Waals surface area contributed by atoms with Gasteiger partial charge in [-0.3, -0.25) is 0 Å². The van der Waals surface area contributed by atoms with Crippen molar-refractivity contribution in [3.63, 3.8) is 0 Å². The molecule has 0 spiro atoms. The predicted octanol–water partition coefficient (Wildman–Crippen LogP) is 10.4. The van der Waals surface area contributed by atoms with Crippen molar-refractivity contribution in [2.45, 2.75) is 67.2 Å². The molecule has 4 heteroatoms. The van der Waals surface area contributed by atoms with Crippen LogP contribution in [0.4, 0.5) is 0 Å². The minimum Gasteiger partial charge on any atom is -0.355 e. The van der Waals surface area contributed by atoms with Gasteiger partial charge in [-0.05, 0) is 135 Å². The van der Waals surface area contributed by atoms with Gasteiger partial charge in [-0.25, -0.2) is 4.98 Å². The Hall–Kier alpha value is -3.37. The first-order valence-electron chi connectivity index (χ1n) is 14.3. The van der Waals surface area contributed by atoms with Gasteiger partial charge in [0.2, 0.25) is 0 Å². The van der Waals surface area contributed by atoms with Crippen LogP contribution in [0.25, 0.3) is 55.5 Å². The number of aromatic amines is 2. The van der Waals surface area contributed by atoms with E-state index in [1.54, 1.807) is 0 Å². The van der Waals surface area contributed by atoms with E-state index in [1.807, 2.05) is 0 Å². The SMILES string of the molecule is CCC1=C(C)c2cc3c(Br)c(cc4[nH]c(cc5[nH]c(cc1n2)c(CC)c5CC)c(CC)c4C)-c1ccccc1-3. The highest BCUT2D eigenvalue weighted by atomic mass is 79.9. The summed E-state index contributed by atoms with van der Waals surface area (Å²) in [5.74, 6) is 0. The first-order valence-corrected chi connectivity index (χ1v) is 15.1. The van der Waals surface area contributed by atoms with E-state index in [1.165, 1.54) is 77.7 Å². The number of aromatic nitrogens is 3. The van der Waals surface area contributed by atoms with E-state index in [-0.39, 0.29) is 0 Å². The van der Waals surface area contributed by atoms with Gasteiger partial charge in [0.25, 0.3) is 0 Å². The standard InChI is InChI=1S/C35H36BrN3/c1-7-21-19(5)29-15-27-25-13-11-12-14-26(25)28(35(27)36)16-30-20(6)22(8-2)32(38-30)18-34-24(10-4)23(9-3)33(39-34)17-31(21)37-29/h11-18,37,39H,7-10H2,1-6H3. The summed E-state index contributed by atoms with van der Waals surface area (Å²) in [4.78, 5) is 12.8. The Bertz CT molecular complexity index is 1830. The lowest BCUT2D eigenvalue weighted by Crippen LogP contribution is -1.86. The molecule has 0 atom stereocenters. The number of halogens is 1. The van der Waals surface area contributed by atoms with Crippen molar-refractivity contribution in [2.24, 2.45) is 0 Å². The molecule has 6 rings (SSSR count). The molecule has 0 saturated heterocycles. The zero-order valence-electron chi connectivity index (χ0n) is 23.8. The number of benzene rings is 1. The maximum atomic E-state index is 5.23. The maximum absolute atomic E-state index is 5.23. The second-order valence-electron chi connectivity index (χ2n) is 10.6. The molecule has 0 radical (unpaired) electrons. The van der Waals surface area contributed by atoms with E-state index in [4.69, 9.17) is 4.98 Å². The topological polar surface area (TPSA) is 44.5 Å². The van der Waals surface area contributed by atoms with Crippen LogP contribution < -0.4 is 0 Å². The molecule has 1 aromatic carbocycles. The van der Waals surface area contributed by atoms with Crippen LogP contribution in [0.5, 0.6) is 0 Å². The van der Waals surface area contributed by atoms with Gasteiger partial charge < -0.3 is 9.97 Å². The molecule has 1 aliphatic heterocycles. The van der Waals surface area contributed by atoms with Gasteiger partial charge in [-0.1, -0.05) is 52.0 Å². The zero-order valence-corrected chi connectivity index (χ0v) is 25.4. The van der Waals surface area contributed by atoms with Crippen molar-refractivity contribution in [1.82, 2.24) is 15.0 Å². The van der Waals surface area contributed by atoms with Crippen LogP contribution in [-0.2, 0) is 19.3 Å². The van der Waals surface area contributed by atoms with Crippen molar-refractivity contribution in [1.29, 1.82) is 0 Å². The molecule has 3 aromatic heterocycles. The Balaban J connectivity index is 1.85. The Kier molecular flexibility index (Phi) is 6.63. The first kappa shape index (κ1) is 25.9. The minimum atomic E-state index is 0.951. The van der Waals surface area contributed by atoms with Gasteiger partial charge in [0.05, 0.1) is 11.4 Å². The van der Waals surface area contributed by atoms with Gasteiger partial charge in [0.15, 0.2) is 0 Å². The second kappa shape index (κ2) is 9.98. The Morgan fingerprint density at radius 3 is 1.79 bits per heavy atom. The molecule has 8 bridgehead atoms. The molecule has 3 nitrogen and oxygen atoms in total. The summed E-state index contributed by atoms with van der Waals surface area (Å²) in [7, 11) is 0. The summed E-state index contributed by atoms with van der Waals surface area (Å²) in [6.07, 6.45) is 3.90. The third-order valence-electron chi connectivity index (χ3n) is 8.66. The molecule has 0 fully saturated rings. The molecule has 0 saturated carbocycles. The molecule has 2 N–H and O–H groups in total. The van der Waals surface area contributed by atoms with Gasteiger partial charge in [0.1, 0.15) is 0 Å². The fourth-order valence-electron chi connectivity index (χ4n) is 6.59. The molecule has 4 heterocycles. The molecule has 2 aliphatic rings. The summed E-state index contributed by atoms with van der Waals surface area (Å²) < 4.78 is 1.12. The van der Waals surface area contributed by atoms with Gasteiger partial charge in [-0.15, -0.1) is 0 Å². The first-order chi connectivity index (χ1) is 18.9. The van der Waals surface area contributed by atoms with Crippen LogP contribution in [0.3, 0.4) is 0 Å². The number of hydrogen-bond acceptors (Lipinski definition) is 1. The quantitative estimate of drug-likeness (QED) is 0.219. The van der Waals surface area contributed by atoms with E-state index in [0.717, 1.165) is 41.5 Å². The van der Waals surface area contributed by atoms with Crippen LogP contribution >= 0.6 is 15.9 Å². The molecule has 0 unspecified atom stereocenters. The Labute approximate surface area is 239 Å². The van der Waals surface area contributed by atoms with Gasteiger partial charge in [0, 0.05) is 26.5 Å². The summed E-state index contributed by atoms with van der Waals surface area (Å²) in [6.45, 7) is 13.5. The third kappa shape index (κ3) is 4.03. The van der Waals surface area contributed by atoms with Crippen LogP contribution in [0, 0.1) is 6.92 Å². The van der Waals surface area contributed by atoms with Crippen LogP contribution in [-0.4, -0.2) is 15.0 Å². The number of hydrogen-bond donors (Lipinski definition) is 2. The highest BCUT2D eigenvalue weighted by Gasteiger charge is 2.23. The van der Waals surface area contributed by atoms with Gasteiger partial charge in [-0.2, -0.15) is 0 Å². The number of H-pyrrole nitrogens is 2. The molecule has 1 aliphatic carbocycles. The van der Waals surface area contributed by atoms with E-state index in [9.17, 15) is 0 Å². The summed E-state index contributed by atoms with van der Waals surface area (Å²) in [5.41, 5.74) is 19.8. The predicted molar refractivity (Wildman–Crippen MR) is 171 cm³/mol. The lowest BCUT2D eigenvalue weighted by Gasteiger charge is -2.01. The fraction of sp³-hybridized carbons (Fsp3) is 0.286. The number of nitrogens with zero attached hydrogens (tertiary/aromatic N) is 1. The molecule has 0 amide bonds. The number of rotatable bonds is 4. The number of nitrogens with one attached hydrogen (secondary N) is 2. The van der Waals surface area contributed by atoms with Crippen LogP contribution in [0.15, 0.2) is 53.0 Å². The van der Waals surface area contributed by atoms with E-state index in [2.05, 4.69) is 116 Å². The molecular weight excluding hydrogens is 542 g/mol. The largest absolute Gasteiger partial charge is 0.355 e. The highest BCUT2D eigenvalue weighted by Crippen LogP contribution is 2.47. The Morgan fingerprint density at radius 1 is 0.615 bits per heavy atom. The van der Waals surface area contributed by atoms with Crippen LogP contribution in [0.2, 0.25) is 0 Å². The zero-order chi connectivity index (χ0) is 27.4. The molecule has 198 valence electrons. The lowest BCUT2D eigenvalue weighted by atomic mass is 10.0. The third-order valence-corrected chi connectivity index (χ3v) is 9.51. The fourth-order valence-corrected chi connectivity index (χ4v) is 7.25. The van der Waals surface area contributed by atoms with E-state index < -0.39 is 0 Å². The van der Waals surface area contributed by atoms with Crippen molar-refractivity contribution >= 4 is 49.1 Å². The number of aryl methyl sites for hydroxylation is 4. The summed E-state index contributed by atoms with van der Waals surface area (Å²) in [6, 6.07) is 17.9. The average Bonchev–Trinajstić information content (AvgIpc) is 3.60. The Morgan fingerprint density at radius 2 is 1.18 bits per heavy atom. The van der Waals surface area contributed by atoms with E-state index >= 15 is 0 Å². The average molecular weight is 579 g/mol. The van der Waals surface area contributed by atoms with Gasteiger partial charge >= 0.3 is 0 Å². The second-order valence-corrected chi connectivity index (χ2v) is 11.4. The van der Waals surface area contributed by atoms with Crippen LogP contribution in [0.1, 0.15) is 74.7 Å². The minimum absolute atomic E-state index is 0.951. The maximum Gasteiger partial charge on any atom is 0.0693 e. The molecule has 39 heavy (non-hydrogen) atoms. The van der Waals surface area contributed by atoms with Crippen molar-refractivity contribution in [3.8, 4) is 22.3 Å². The summed E-state index contributed by atoms with van der Waals surface area (Å²) >= 11 is 4.02. The molecular formula is C35H36BrN3. The number of fused-ring (bicyclic) bond motifs is 11. The van der Waals surface area contributed by atoms with E-state index in [0.29, 0.717) is 0 Å². The molecule has 4 aromatic rings. The normalized spacial score (nSPS) is 12.8. The smallest absolute Gasteiger partial charge is 0.0693 e. The van der Waals surface area contributed by atoms with Crippen molar-refractivity contribution < 1.29 is 0 Å². The monoisotopic (exact) mass is 577 g/mol. The lowest BCUT2D eigenvalue weighted by molar-refractivity contribution is 1.07. The number of allylic oxidation sites excluding steroid dienone is 2. The van der Waals surface area contributed by atoms with Crippen molar-refractivity contribution in [2.75, 3.05) is 0 Å². The highest BCUT2D eigenvalue weighted by molar-refractivity contribution is 9.10. The van der Waals surface area contributed by atoms with Crippen molar-refractivity contribution in [3.05, 3.63) is 86.6 Å².